The number of carbonyl (C=O) groups excluding carboxylic acids is 3. The summed E-state index contributed by atoms with van der Waals surface area (Å²) < 4.78 is 23.9. The molecule has 2 fully saturated rings. The Balaban J connectivity index is 0.000000317. The average molecular weight is 590 g/mol. The lowest BCUT2D eigenvalue weighted by Crippen LogP contribution is -2.63. The van der Waals surface area contributed by atoms with Crippen LogP contribution in [0.4, 0.5) is 20.3 Å². The Hall–Kier alpha value is -4.18. The summed E-state index contributed by atoms with van der Waals surface area (Å²) in [4.78, 5) is 44.7. The Kier molecular flexibility index (Phi) is 8.87. The summed E-state index contributed by atoms with van der Waals surface area (Å²) in [7, 11) is 0. The molecule has 4 aliphatic rings. The molecule has 2 aliphatic heterocycles. The van der Waals surface area contributed by atoms with E-state index < -0.39 is 22.6 Å². The molecule has 1 saturated carbocycles. The molecule has 2 aromatic carbocycles. The van der Waals surface area contributed by atoms with E-state index in [0.717, 1.165) is 55.0 Å². The Labute approximate surface area is 250 Å². The molecule has 3 N–H and O–H groups in total. The number of hydrogen-bond donors (Lipinski definition) is 3. The maximum Gasteiger partial charge on any atom is 0.243 e. The van der Waals surface area contributed by atoms with Gasteiger partial charge in [-0.3, -0.25) is 14.4 Å². The van der Waals surface area contributed by atoms with E-state index in [1.807, 2.05) is 44.2 Å². The number of pyridine rings is 1. The molecular formula is C33H37F2N5O3. The number of piperazine rings is 1. The van der Waals surface area contributed by atoms with Gasteiger partial charge in [-0.1, -0.05) is 44.9 Å². The van der Waals surface area contributed by atoms with E-state index in [4.69, 9.17) is 0 Å². The standard InChI is InChI=1S/C25H27N5O3.C6H4F2.C2H6/c31-20(15-30-11-10-27-25(23(30)33)7-1-2-8-25)28-18-6-5-16-13-24(14-17(16)12-18)19-4-3-9-26-21(19)29-22(24)32;7-5-2-1-3-6(8)4-5;1-2/h3-6,9,12,27H,1-2,7-8,10-11,13-15H2,(H,28,31)(H,26,29,32);1-4H;1-2H3/t24-;;/m1../s1. The number of benzene rings is 2. The zero-order chi connectivity index (χ0) is 30.6. The number of carbonyl (C=O) groups is 3. The van der Waals surface area contributed by atoms with Gasteiger partial charge in [0.25, 0.3) is 0 Å². The fourth-order valence-electron chi connectivity index (χ4n) is 6.61. The first-order valence-corrected chi connectivity index (χ1v) is 14.9. The van der Waals surface area contributed by atoms with E-state index in [0.29, 0.717) is 30.9 Å². The molecule has 226 valence electrons. The molecule has 1 aromatic heterocycles. The fourth-order valence-corrected chi connectivity index (χ4v) is 6.61. The van der Waals surface area contributed by atoms with E-state index >= 15 is 0 Å². The van der Waals surface area contributed by atoms with Gasteiger partial charge in [-0.05, 0) is 67.1 Å². The number of amides is 3. The highest BCUT2D eigenvalue weighted by molar-refractivity contribution is 6.06. The van der Waals surface area contributed by atoms with Gasteiger partial charge >= 0.3 is 0 Å². The lowest BCUT2D eigenvalue weighted by molar-refractivity contribution is -0.143. The monoisotopic (exact) mass is 589 g/mol. The van der Waals surface area contributed by atoms with E-state index in [1.165, 1.54) is 18.2 Å². The van der Waals surface area contributed by atoms with Gasteiger partial charge in [-0.15, -0.1) is 0 Å². The molecule has 2 spiro atoms. The van der Waals surface area contributed by atoms with Gasteiger partial charge in [0.15, 0.2) is 0 Å². The fraction of sp³-hybridized carbons (Fsp3) is 0.394. The summed E-state index contributed by atoms with van der Waals surface area (Å²) >= 11 is 0. The van der Waals surface area contributed by atoms with Crippen LogP contribution < -0.4 is 16.0 Å². The molecule has 43 heavy (non-hydrogen) atoms. The van der Waals surface area contributed by atoms with E-state index in [1.54, 1.807) is 11.1 Å². The zero-order valence-electron chi connectivity index (χ0n) is 24.5. The largest absolute Gasteiger partial charge is 0.330 e. The second-order valence-electron chi connectivity index (χ2n) is 11.2. The van der Waals surface area contributed by atoms with Crippen molar-refractivity contribution in [2.75, 3.05) is 30.3 Å². The molecule has 0 unspecified atom stereocenters. The van der Waals surface area contributed by atoms with Crippen molar-refractivity contribution in [2.24, 2.45) is 0 Å². The van der Waals surface area contributed by atoms with Crippen LogP contribution in [0.3, 0.4) is 0 Å². The molecule has 1 atom stereocenters. The van der Waals surface area contributed by atoms with Gasteiger partial charge in [0.1, 0.15) is 17.5 Å². The Morgan fingerprint density at radius 2 is 1.70 bits per heavy atom. The summed E-state index contributed by atoms with van der Waals surface area (Å²) in [6, 6.07) is 14.2. The summed E-state index contributed by atoms with van der Waals surface area (Å²) in [5, 5.41) is 9.28. The summed E-state index contributed by atoms with van der Waals surface area (Å²) in [6.07, 6.45) is 6.69. The van der Waals surface area contributed by atoms with Gasteiger partial charge in [-0.25, -0.2) is 13.8 Å². The second kappa shape index (κ2) is 12.6. The normalized spacial score (nSPS) is 20.9. The van der Waals surface area contributed by atoms with Crippen molar-refractivity contribution in [1.82, 2.24) is 15.2 Å². The summed E-state index contributed by atoms with van der Waals surface area (Å²) in [5.74, 6) is -0.591. The molecule has 3 amide bonds. The SMILES string of the molecule is CC.Fc1cccc(F)c1.O=C(CN1CCNC2(CCCC2)C1=O)Nc1ccc2c(c1)C[C@@]1(C2)C(=O)Nc2ncccc21. The lowest BCUT2D eigenvalue weighted by Gasteiger charge is -2.40. The molecule has 0 bridgehead atoms. The van der Waals surface area contributed by atoms with Crippen molar-refractivity contribution in [3.8, 4) is 0 Å². The van der Waals surface area contributed by atoms with E-state index in [-0.39, 0.29) is 24.3 Å². The average Bonchev–Trinajstić information content (AvgIpc) is 3.69. The smallest absolute Gasteiger partial charge is 0.243 e. The van der Waals surface area contributed by atoms with Crippen molar-refractivity contribution in [1.29, 1.82) is 0 Å². The third-order valence-corrected chi connectivity index (χ3v) is 8.58. The minimum atomic E-state index is -0.628. The van der Waals surface area contributed by atoms with Crippen LogP contribution >= 0.6 is 0 Å². The number of nitrogens with zero attached hydrogens (tertiary/aromatic N) is 2. The van der Waals surface area contributed by atoms with Crippen LogP contribution in [-0.2, 0) is 32.6 Å². The van der Waals surface area contributed by atoms with Gasteiger partial charge in [0.05, 0.1) is 17.5 Å². The molecule has 1 saturated heterocycles. The molecular weight excluding hydrogens is 552 g/mol. The molecule has 7 rings (SSSR count). The van der Waals surface area contributed by atoms with Crippen LogP contribution in [0.2, 0.25) is 0 Å². The van der Waals surface area contributed by atoms with Gasteiger partial charge in [-0.2, -0.15) is 0 Å². The Bertz CT molecular complexity index is 1510. The van der Waals surface area contributed by atoms with Crippen LogP contribution in [-0.4, -0.2) is 52.8 Å². The Morgan fingerprint density at radius 3 is 2.40 bits per heavy atom. The number of nitrogens with one attached hydrogen (secondary N) is 3. The molecule has 3 aromatic rings. The van der Waals surface area contributed by atoms with E-state index in [9.17, 15) is 23.2 Å². The highest BCUT2D eigenvalue weighted by atomic mass is 19.1. The molecule has 3 heterocycles. The van der Waals surface area contributed by atoms with Crippen LogP contribution in [0, 0.1) is 11.6 Å². The number of halogens is 2. The van der Waals surface area contributed by atoms with Gasteiger partial charge in [0, 0.05) is 36.6 Å². The number of hydrogen-bond acceptors (Lipinski definition) is 5. The number of anilines is 2. The maximum atomic E-state index is 13.0. The molecule has 10 heteroatoms. The van der Waals surface area contributed by atoms with Gasteiger partial charge < -0.3 is 20.9 Å². The predicted octanol–water partition coefficient (Wildman–Crippen LogP) is 4.74. The predicted molar refractivity (Wildman–Crippen MR) is 161 cm³/mol. The topological polar surface area (TPSA) is 103 Å². The van der Waals surface area contributed by atoms with Crippen LogP contribution in [0.1, 0.15) is 56.2 Å². The van der Waals surface area contributed by atoms with Crippen LogP contribution in [0.5, 0.6) is 0 Å². The summed E-state index contributed by atoms with van der Waals surface area (Å²) in [6.45, 7) is 5.33. The summed E-state index contributed by atoms with van der Waals surface area (Å²) in [5.41, 5.74) is 2.71. The van der Waals surface area contributed by atoms with E-state index in [2.05, 4.69) is 20.9 Å². The third kappa shape index (κ3) is 6.01. The minimum Gasteiger partial charge on any atom is -0.330 e. The molecule has 2 aliphatic carbocycles. The zero-order valence-corrected chi connectivity index (χ0v) is 24.5. The number of fused-ring (bicyclic) bond motifs is 3. The first kappa shape index (κ1) is 30.3. The second-order valence-corrected chi connectivity index (χ2v) is 11.2. The minimum absolute atomic E-state index is 0.0175. The molecule has 8 nitrogen and oxygen atoms in total. The third-order valence-electron chi connectivity index (χ3n) is 8.58. The van der Waals surface area contributed by atoms with Crippen molar-refractivity contribution in [2.45, 2.75) is 63.3 Å². The van der Waals surface area contributed by atoms with Crippen molar-refractivity contribution >= 4 is 29.2 Å². The van der Waals surface area contributed by atoms with Crippen molar-refractivity contribution < 1.29 is 23.2 Å². The van der Waals surface area contributed by atoms with Gasteiger partial charge in [0.2, 0.25) is 17.7 Å². The van der Waals surface area contributed by atoms with Crippen LogP contribution in [0.25, 0.3) is 0 Å². The molecule has 0 radical (unpaired) electrons. The van der Waals surface area contributed by atoms with Crippen LogP contribution in [0.15, 0.2) is 60.8 Å². The number of rotatable bonds is 3. The lowest BCUT2D eigenvalue weighted by atomic mass is 9.79. The maximum absolute atomic E-state index is 13.0. The first-order valence-electron chi connectivity index (χ1n) is 14.9. The van der Waals surface area contributed by atoms with Crippen molar-refractivity contribution in [3.05, 3.63) is 89.1 Å². The highest BCUT2D eigenvalue weighted by Crippen LogP contribution is 2.47. The quantitative estimate of drug-likeness (QED) is 0.410. The Morgan fingerprint density at radius 1 is 0.977 bits per heavy atom. The first-order chi connectivity index (χ1) is 20.8. The highest BCUT2D eigenvalue weighted by Gasteiger charge is 2.51. The number of aromatic nitrogens is 1. The van der Waals surface area contributed by atoms with Crippen molar-refractivity contribution in [3.63, 3.8) is 0 Å².